The van der Waals surface area contributed by atoms with Gasteiger partial charge in [0.2, 0.25) is 0 Å². The number of carbonyl (C=O) groups is 1. The molecule has 3 rings (SSSR count). The molecule has 0 N–H and O–H groups in total. The quantitative estimate of drug-likeness (QED) is 0.658. The number of nitriles is 1. The second-order valence-corrected chi connectivity index (χ2v) is 4.04. The lowest BCUT2D eigenvalue weighted by Crippen LogP contribution is -2.27. The molecule has 0 unspecified atom stereocenters. The van der Waals surface area contributed by atoms with Gasteiger partial charge >= 0.3 is 0 Å². The molecule has 2 aliphatic heterocycles. The van der Waals surface area contributed by atoms with Crippen molar-refractivity contribution >= 4 is 11.6 Å². The summed E-state index contributed by atoms with van der Waals surface area (Å²) < 4.78 is 0. The third kappa shape index (κ3) is 1.04. The Bertz CT molecular complexity index is 551. The van der Waals surface area contributed by atoms with E-state index in [9.17, 15) is 4.79 Å². The van der Waals surface area contributed by atoms with E-state index < -0.39 is 0 Å². The lowest BCUT2D eigenvalue weighted by Gasteiger charge is -2.24. The Hall–Kier alpha value is -2.08. The Morgan fingerprint density at radius 1 is 1.25 bits per heavy atom. The van der Waals surface area contributed by atoms with Gasteiger partial charge in [-0.15, -0.1) is 0 Å². The number of nitrogens with zero attached hydrogens (tertiary/aromatic N) is 2. The van der Waals surface area contributed by atoms with Crippen LogP contribution >= 0.6 is 0 Å². The molecule has 0 saturated carbocycles. The molecule has 1 aromatic rings. The Balaban J connectivity index is 2.30. The first-order chi connectivity index (χ1) is 7.83. The molecule has 16 heavy (non-hydrogen) atoms. The molecule has 0 saturated heterocycles. The summed E-state index contributed by atoms with van der Waals surface area (Å²) >= 11 is 0. The van der Waals surface area contributed by atoms with Crippen LogP contribution in [0.1, 0.15) is 28.8 Å². The van der Waals surface area contributed by atoms with Crippen LogP contribution in [0.3, 0.4) is 0 Å². The first-order valence-corrected chi connectivity index (χ1v) is 5.37. The molecular formula is C13H10N2O. The Kier molecular flexibility index (Phi) is 1.84. The van der Waals surface area contributed by atoms with Crippen LogP contribution in [0.2, 0.25) is 0 Å². The fourth-order valence-electron chi connectivity index (χ4n) is 2.45. The van der Waals surface area contributed by atoms with E-state index >= 15 is 0 Å². The summed E-state index contributed by atoms with van der Waals surface area (Å²) in [6.07, 6.45) is 1.66. The van der Waals surface area contributed by atoms with Crippen molar-refractivity contribution in [2.45, 2.75) is 12.8 Å². The van der Waals surface area contributed by atoms with E-state index in [-0.39, 0.29) is 5.91 Å². The third-order valence-electron chi connectivity index (χ3n) is 3.16. The highest BCUT2D eigenvalue weighted by Gasteiger charge is 2.35. The van der Waals surface area contributed by atoms with Gasteiger partial charge < -0.3 is 4.90 Å². The molecule has 0 bridgehead atoms. The Morgan fingerprint density at radius 2 is 2.00 bits per heavy atom. The van der Waals surface area contributed by atoms with Gasteiger partial charge in [-0.3, -0.25) is 4.79 Å². The molecule has 0 atom stereocenters. The zero-order valence-corrected chi connectivity index (χ0v) is 8.73. The fourth-order valence-corrected chi connectivity index (χ4v) is 2.45. The van der Waals surface area contributed by atoms with E-state index in [2.05, 4.69) is 6.07 Å². The van der Waals surface area contributed by atoms with Crippen molar-refractivity contribution in [1.29, 1.82) is 5.26 Å². The zero-order valence-electron chi connectivity index (χ0n) is 8.73. The number of hydrogen-bond donors (Lipinski definition) is 0. The number of allylic oxidation sites excluding steroid dienone is 1. The number of fused-ring (bicyclic) bond motifs is 3. The van der Waals surface area contributed by atoms with Crippen molar-refractivity contribution in [3.05, 3.63) is 41.0 Å². The Morgan fingerprint density at radius 3 is 2.75 bits per heavy atom. The molecule has 1 aromatic carbocycles. The van der Waals surface area contributed by atoms with Crippen molar-refractivity contribution in [3.8, 4) is 6.07 Å². The summed E-state index contributed by atoms with van der Waals surface area (Å²) in [6.45, 7) is 0.730. The predicted molar refractivity (Wildman–Crippen MR) is 59.2 cm³/mol. The van der Waals surface area contributed by atoms with Crippen LogP contribution in [-0.2, 0) is 0 Å². The minimum Gasteiger partial charge on any atom is -0.307 e. The van der Waals surface area contributed by atoms with Gasteiger partial charge in [-0.05, 0) is 18.9 Å². The number of benzene rings is 1. The molecular weight excluding hydrogens is 200 g/mol. The molecule has 0 spiro atoms. The maximum atomic E-state index is 12.1. The van der Waals surface area contributed by atoms with E-state index in [4.69, 9.17) is 5.26 Å². The van der Waals surface area contributed by atoms with E-state index in [0.717, 1.165) is 41.8 Å². The molecule has 3 heteroatoms. The van der Waals surface area contributed by atoms with Crippen LogP contribution in [0, 0.1) is 11.3 Å². The maximum Gasteiger partial charge on any atom is 0.259 e. The van der Waals surface area contributed by atoms with E-state index in [0.29, 0.717) is 0 Å². The number of hydrogen-bond acceptors (Lipinski definition) is 2. The van der Waals surface area contributed by atoms with Gasteiger partial charge in [0.25, 0.3) is 5.91 Å². The van der Waals surface area contributed by atoms with E-state index in [1.54, 1.807) is 4.90 Å². The van der Waals surface area contributed by atoms with E-state index in [1.165, 1.54) is 0 Å². The van der Waals surface area contributed by atoms with E-state index in [1.807, 2.05) is 24.3 Å². The highest BCUT2D eigenvalue weighted by atomic mass is 16.2. The molecule has 1 amide bonds. The van der Waals surface area contributed by atoms with Crippen molar-refractivity contribution in [1.82, 2.24) is 4.90 Å². The van der Waals surface area contributed by atoms with Crippen LogP contribution in [0.5, 0.6) is 0 Å². The monoisotopic (exact) mass is 210 g/mol. The molecule has 2 heterocycles. The SMILES string of the molecule is N#CC1=C2c3ccccc3C(=O)N2CCC1. The average molecular weight is 210 g/mol. The van der Waals surface area contributed by atoms with Crippen LogP contribution in [0.15, 0.2) is 29.8 Å². The molecule has 0 aromatic heterocycles. The van der Waals surface area contributed by atoms with Crippen molar-refractivity contribution < 1.29 is 4.79 Å². The van der Waals surface area contributed by atoms with Crippen LogP contribution in [0.25, 0.3) is 5.70 Å². The highest BCUT2D eigenvalue weighted by molar-refractivity contribution is 6.10. The third-order valence-corrected chi connectivity index (χ3v) is 3.16. The minimum atomic E-state index is 0.0399. The van der Waals surface area contributed by atoms with Gasteiger partial charge in [-0.1, -0.05) is 18.2 Å². The summed E-state index contributed by atoms with van der Waals surface area (Å²) in [4.78, 5) is 13.8. The van der Waals surface area contributed by atoms with Gasteiger partial charge in [-0.2, -0.15) is 5.26 Å². The van der Waals surface area contributed by atoms with Gasteiger partial charge in [0.05, 0.1) is 17.3 Å². The molecule has 0 fully saturated rings. The molecule has 0 aliphatic carbocycles. The lowest BCUT2D eigenvalue weighted by atomic mass is 10.00. The zero-order chi connectivity index (χ0) is 11.1. The van der Waals surface area contributed by atoms with Gasteiger partial charge in [0, 0.05) is 17.7 Å². The lowest BCUT2D eigenvalue weighted by molar-refractivity contribution is 0.0844. The fraction of sp³-hybridized carbons (Fsp3) is 0.231. The Labute approximate surface area is 93.6 Å². The van der Waals surface area contributed by atoms with Gasteiger partial charge in [0.1, 0.15) is 0 Å². The number of carbonyl (C=O) groups excluding carboxylic acids is 1. The minimum absolute atomic E-state index is 0.0399. The summed E-state index contributed by atoms with van der Waals surface area (Å²) in [5.41, 5.74) is 3.23. The van der Waals surface area contributed by atoms with Crippen molar-refractivity contribution in [2.24, 2.45) is 0 Å². The topological polar surface area (TPSA) is 44.1 Å². The molecule has 0 radical (unpaired) electrons. The standard InChI is InChI=1S/C13H10N2O/c14-8-9-4-3-7-15-12(9)10-5-1-2-6-11(10)13(15)16/h1-2,5-6H,3-4,7H2. The van der Waals surface area contributed by atoms with Gasteiger partial charge in [0.15, 0.2) is 0 Å². The first-order valence-electron chi connectivity index (χ1n) is 5.37. The number of rotatable bonds is 0. The summed E-state index contributed by atoms with van der Waals surface area (Å²) in [6, 6.07) is 9.75. The molecule has 2 aliphatic rings. The summed E-state index contributed by atoms with van der Waals surface area (Å²) in [7, 11) is 0. The number of amides is 1. The second kappa shape index (κ2) is 3.21. The highest BCUT2D eigenvalue weighted by Crippen LogP contribution is 2.38. The van der Waals surface area contributed by atoms with Crippen LogP contribution in [-0.4, -0.2) is 17.4 Å². The van der Waals surface area contributed by atoms with Crippen LogP contribution in [0.4, 0.5) is 0 Å². The van der Waals surface area contributed by atoms with Crippen molar-refractivity contribution in [2.75, 3.05) is 6.54 Å². The first kappa shape index (κ1) is 9.17. The second-order valence-electron chi connectivity index (χ2n) is 4.04. The molecule has 3 nitrogen and oxygen atoms in total. The maximum absolute atomic E-state index is 12.1. The van der Waals surface area contributed by atoms with Crippen LogP contribution < -0.4 is 0 Å². The predicted octanol–water partition coefficient (Wildman–Crippen LogP) is 2.17. The molecule has 78 valence electrons. The normalized spacial score (nSPS) is 18.2. The smallest absolute Gasteiger partial charge is 0.259 e. The van der Waals surface area contributed by atoms with Gasteiger partial charge in [-0.25, -0.2) is 0 Å². The van der Waals surface area contributed by atoms with Crippen molar-refractivity contribution in [3.63, 3.8) is 0 Å². The summed E-state index contributed by atoms with van der Waals surface area (Å²) in [5, 5.41) is 9.10. The average Bonchev–Trinajstić information content (AvgIpc) is 2.64. The summed E-state index contributed by atoms with van der Waals surface area (Å²) in [5.74, 6) is 0.0399. The largest absolute Gasteiger partial charge is 0.307 e.